The molecule has 0 spiro atoms. The second-order valence-corrected chi connectivity index (χ2v) is 5.92. The molecule has 1 N–H and O–H groups in total. The highest BCUT2D eigenvalue weighted by Crippen LogP contribution is 2.07. The van der Waals surface area contributed by atoms with Gasteiger partial charge in [-0.2, -0.15) is 5.10 Å². The molecule has 0 atom stereocenters. The molecule has 0 unspecified atom stereocenters. The summed E-state index contributed by atoms with van der Waals surface area (Å²) in [4.78, 5) is 10.7. The van der Waals surface area contributed by atoms with E-state index in [2.05, 4.69) is 5.10 Å². The van der Waals surface area contributed by atoms with Gasteiger partial charge >= 0.3 is 5.97 Å². The number of carboxylic acid groups (broad SMARTS) is 1. The van der Waals surface area contributed by atoms with E-state index in [0.29, 0.717) is 18.7 Å². The van der Waals surface area contributed by atoms with E-state index in [0.717, 1.165) is 0 Å². The first-order valence-electron chi connectivity index (χ1n) is 4.74. The summed E-state index contributed by atoms with van der Waals surface area (Å²) >= 11 is 0. The summed E-state index contributed by atoms with van der Waals surface area (Å²) in [5, 5.41) is 12.7. The van der Waals surface area contributed by atoms with Crippen molar-refractivity contribution in [1.29, 1.82) is 0 Å². The van der Waals surface area contributed by atoms with Gasteiger partial charge in [-0.1, -0.05) is 0 Å². The standard InChI is InChI=1S/C9H14N2O4S/c1-7-8(9(12)13)6-10-11(7)4-3-5-16(2,14)15/h6H,3-5H2,1-2H3,(H,12,13). The number of nitrogens with zero attached hydrogens (tertiary/aromatic N) is 2. The number of rotatable bonds is 5. The molecule has 0 radical (unpaired) electrons. The van der Waals surface area contributed by atoms with Crippen molar-refractivity contribution >= 4 is 15.8 Å². The summed E-state index contributed by atoms with van der Waals surface area (Å²) in [6, 6.07) is 0. The summed E-state index contributed by atoms with van der Waals surface area (Å²) < 4.78 is 23.3. The van der Waals surface area contributed by atoms with Gasteiger partial charge in [-0.15, -0.1) is 0 Å². The van der Waals surface area contributed by atoms with Crippen molar-refractivity contribution in [3.63, 3.8) is 0 Å². The van der Waals surface area contributed by atoms with Gasteiger partial charge < -0.3 is 5.11 Å². The van der Waals surface area contributed by atoms with Crippen molar-refractivity contribution < 1.29 is 18.3 Å². The predicted molar refractivity (Wildman–Crippen MR) is 58.3 cm³/mol. The minimum atomic E-state index is -2.97. The van der Waals surface area contributed by atoms with Crippen molar-refractivity contribution in [2.45, 2.75) is 19.9 Å². The molecule has 0 aliphatic heterocycles. The Hall–Kier alpha value is -1.37. The van der Waals surface area contributed by atoms with Crippen LogP contribution >= 0.6 is 0 Å². The van der Waals surface area contributed by atoms with Crippen molar-refractivity contribution in [3.05, 3.63) is 17.5 Å². The fraction of sp³-hybridized carbons (Fsp3) is 0.556. The number of aryl methyl sites for hydroxylation is 1. The Morgan fingerprint density at radius 3 is 2.62 bits per heavy atom. The average molecular weight is 246 g/mol. The molecule has 0 aliphatic carbocycles. The van der Waals surface area contributed by atoms with Gasteiger partial charge in [-0.05, 0) is 13.3 Å². The van der Waals surface area contributed by atoms with Crippen LogP contribution in [-0.4, -0.2) is 41.3 Å². The van der Waals surface area contributed by atoms with E-state index in [1.807, 2.05) is 0 Å². The normalized spacial score (nSPS) is 11.6. The van der Waals surface area contributed by atoms with Crippen LogP contribution in [0.5, 0.6) is 0 Å². The molecule has 0 amide bonds. The lowest BCUT2D eigenvalue weighted by Gasteiger charge is -2.03. The first kappa shape index (κ1) is 12.7. The first-order valence-corrected chi connectivity index (χ1v) is 6.81. The predicted octanol–water partition coefficient (Wildman–Crippen LogP) is 0.324. The largest absolute Gasteiger partial charge is 0.478 e. The molecule has 7 heteroatoms. The maximum absolute atomic E-state index is 10.9. The SMILES string of the molecule is Cc1c(C(=O)O)cnn1CCCS(C)(=O)=O. The van der Waals surface area contributed by atoms with Crippen molar-refractivity contribution in [2.75, 3.05) is 12.0 Å². The van der Waals surface area contributed by atoms with Crippen LogP contribution in [0.2, 0.25) is 0 Å². The summed E-state index contributed by atoms with van der Waals surface area (Å²) in [5.74, 6) is -0.943. The average Bonchev–Trinajstić information content (AvgIpc) is 2.46. The quantitative estimate of drug-likeness (QED) is 0.808. The van der Waals surface area contributed by atoms with Gasteiger partial charge in [0.25, 0.3) is 0 Å². The fourth-order valence-corrected chi connectivity index (χ4v) is 2.01. The summed E-state index contributed by atoms with van der Waals surface area (Å²) in [7, 11) is -2.97. The third kappa shape index (κ3) is 3.34. The molecular weight excluding hydrogens is 232 g/mol. The fourth-order valence-electron chi connectivity index (χ4n) is 1.36. The van der Waals surface area contributed by atoms with Crippen LogP contribution < -0.4 is 0 Å². The molecule has 0 aromatic carbocycles. The number of hydrogen-bond acceptors (Lipinski definition) is 4. The van der Waals surface area contributed by atoms with Gasteiger partial charge in [0.1, 0.15) is 15.4 Å². The van der Waals surface area contributed by atoms with Crippen LogP contribution in [0, 0.1) is 6.92 Å². The van der Waals surface area contributed by atoms with Gasteiger partial charge in [-0.25, -0.2) is 13.2 Å². The van der Waals surface area contributed by atoms with Crippen LogP contribution in [0.25, 0.3) is 0 Å². The monoisotopic (exact) mass is 246 g/mol. The Labute approximate surface area is 93.8 Å². The molecule has 0 saturated heterocycles. The second kappa shape index (κ2) is 4.65. The van der Waals surface area contributed by atoms with E-state index >= 15 is 0 Å². The molecule has 0 bridgehead atoms. The lowest BCUT2D eigenvalue weighted by atomic mass is 10.3. The molecule has 90 valence electrons. The van der Waals surface area contributed by atoms with E-state index in [1.54, 1.807) is 6.92 Å². The van der Waals surface area contributed by atoms with Crippen LogP contribution in [-0.2, 0) is 16.4 Å². The Bertz CT molecular complexity index is 490. The van der Waals surface area contributed by atoms with Crippen LogP contribution in [0.4, 0.5) is 0 Å². The van der Waals surface area contributed by atoms with Crippen molar-refractivity contribution in [3.8, 4) is 0 Å². The molecular formula is C9H14N2O4S. The first-order chi connectivity index (χ1) is 7.31. The minimum Gasteiger partial charge on any atom is -0.478 e. The smallest absolute Gasteiger partial charge is 0.339 e. The number of carboxylic acids is 1. The molecule has 1 aromatic rings. The highest BCUT2D eigenvalue weighted by molar-refractivity contribution is 7.90. The lowest BCUT2D eigenvalue weighted by Crippen LogP contribution is -2.10. The molecule has 1 heterocycles. The van der Waals surface area contributed by atoms with E-state index in [9.17, 15) is 13.2 Å². The van der Waals surface area contributed by atoms with Crippen LogP contribution in [0.15, 0.2) is 6.20 Å². The zero-order chi connectivity index (χ0) is 12.3. The molecule has 0 saturated carbocycles. The topological polar surface area (TPSA) is 89.3 Å². The lowest BCUT2D eigenvalue weighted by molar-refractivity contribution is 0.0696. The highest BCUT2D eigenvalue weighted by Gasteiger charge is 2.12. The highest BCUT2D eigenvalue weighted by atomic mass is 32.2. The van der Waals surface area contributed by atoms with Gasteiger partial charge in [-0.3, -0.25) is 4.68 Å². The summed E-state index contributed by atoms with van der Waals surface area (Å²) in [6.45, 7) is 2.06. The molecule has 1 aromatic heterocycles. The van der Waals surface area contributed by atoms with Crippen molar-refractivity contribution in [1.82, 2.24) is 9.78 Å². The van der Waals surface area contributed by atoms with Crippen LogP contribution in [0.1, 0.15) is 22.5 Å². The molecule has 0 aliphatic rings. The number of aromatic carboxylic acids is 1. The molecule has 16 heavy (non-hydrogen) atoms. The zero-order valence-corrected chi connectivity index (χ0v) is 9.99. The molecule has 0 fully saturated rings. The number of hydrogen-bond donors (Lipinski definition) is 1. The van der Waals surface area contributed by atoms with E-state index < -0.39 is 15.8 Å². The minimum absolute atomic E-state index is 0.0781. The number of carbonyl (C=O) groups is 1. The molecule has 1 rings (SSSR count). The second-order valence-electron chi connectivity index (χ2n) is 3.66. The van der Waals surface area contributed by atoms with Gasteiger partial charge in [0, 0.05) is 18.5 Å². The van der Waals surface area contributed by atoms with Gasteiger partial charge in [0.15, 0.2) is 0 Å². The summed E-state index contributed by atoms with van der Waals surface area (Å²) in [6.07, 6.45) is 2.88. The van der Waals surface area contributed by atoms with Gasteiger partial charge in [0.2, 0.25) is 0 Å². The zero-order valence-electron chi connectivity index (χ0n) is 9.17. The molecule has 6 nitrogen and oxygen atoms in total. The Morgan fingerprint density at radius 1 is 1.56 bits per heavy atom. The van der Waals surface area contributed by atoms with E-state index in [1.165, 1.54) is 17.1 Å². The maximum atomic E-state index is 10.9. The number of sulfone groups is 1. The Morgan fingerprint density at radius 2 is 2.19 bits per heavy atom. The third-order valence-corrected chi connectivity index (χ3v) is 3.25. The third-order valence-electron chi connectivity index (χ3n) is 2.22. The van der Waals surface area contributed by atoms with Gasteiger partial charge in [0.05, 0.1) is 11.9 Å². The Balaban J connectivity index is 2.66. The number of aromatic nitrogens is 2. The maximum Gasteiger partial charge on any atom is 0.339 e. The van der Waals surface area contributed by atoms with Crippen molar-refractivity contribution in [2.24, 2.45) is 0 Å². The Kier molecular flexibility index (Phi) is 3.69. The van der Waals surface area contributed by atoms with Crippen LogP contribution in [0.3, 0.4) is 0 Å². The van der Waals surface area contributed by atoms with E-state index in [4.69, 9.17) is 5.11 Å². The van der Waals surface area contributed by atoms with E-state index in [-0.39, 0.29) is 11.3 Å². The summed E-state index contributed by atoms with van der Waals surface area (Å²) in [5.41, 5.74) is 0.695.